The monoisotopic (exact) mass is 282 g/mol. The van der Waals surface area contributed by atoms with E-state index in [0.717, 1.165) is 4.47 Å². The van der Waals surface area contributed by atoms with E-state index in [1.165, 1.54) is 30.6 Å². The molecule has 1 aromatic carbocycles. The molecule has 0 saturated carbocycles. The van der Waals surface area contributed by atoms with Crippen LogP contribution in [0.3, 0.4) is 0 Å². The zero-order valence-corrected chi connectivity index (χ0v) is 11.5. The molecule has 0 spiro atoms. The topological polar surface area (TPSA) is 29.3 Å². The first-order valence-electron chi connectivity index (χ1n) is 5.91. The molecule has 1 heterocycles. The number of rotatable bonds is 2. The molecule has 88 valence electrons. The Labute approximate surface area is 106 Å². The Morgan fingerprint density at radius 3 is 2.75 bits per heavy atom. The lowest BCUT2D eigenvalue weighted by Gasteiger charge is -2.24. The van der Waals surface area contributed by atoms with Crippen LogP contribution in [0.5, 0.6) is 0 Å². The highest BCUT2D eigenvalue weighted by Crippen LogP contribution is 2.31. The summed E-state index contributed by atoms with van der Waals surface area (Å²) >= 11 is 3.61. The van der Waals surface area contributed by atoms with Gasteiger partial charge in [-0.25, -0.2) is 0 Å². The zero-order valence-electron chi connectivity index (χ0n) is 9.91. The van der Waals surface area contributed by atoms with Crippen LogP contribution in [-0.4, -0.2) is 12.6 Å². The van der Waals surface area contributed by atoms with Crippen molar-refractivity contribution in [2.45, 2.75) is 38.8 Å². The van der Waals surface area contributed by atoms with Gasteiger partial charge in [0.25, 0.3) is 0 Å². The maximum atomic E-state index is 5.90. The fraction of sp³-hybridized carbons (Fsp3) is 0.538. The van der Waals surface area contributed by atoms with Crippen LogP contribution < -0.4 is 10.6 Å². The summed E-state index contributed by atoms with van der Waals surface area (Å²) < 4.78 is 1.12. The van der Waals surface area contributed by atoms with Crippen molar-refractivity contribution in [2.24, 2.45) is 5.73 Å². The average molecular weight is 283 g/mol. The third-order valence-electron chi connectivity index (χ3n) is 3.36. The fourth-order valence-electron chi connectivity index (χ4n) is 2.38. The second-order valence-corrected chi connectivity index (χ2v) is 5.53. The van der Waals surface area contributed by atoms with Crippen LogP contribution in [-0.2, 0) is 0 Å². The van der Waals surface area contributed by atoms with Crippen molar-refractivity contribution in [3.8, 4) is 0 Å². The van der Waals surface area contributed by atoms with Gasteiger partial charge in [-0.15, -0.1) is 0 Å². The largest absolute Gasteiger partial charge is 0.369 e. The number of benzene rings is 1. The summed E-state index contributed by atoms with van der Waals surface area (Å²) in [7, 11) is 0. The van der Waals surface area contributed by atoms with Gasteiger partial charge in [0.05, 0.1) is 0 Å². The highest BCUT2D eigenvalue weighted by molar-refractivity contribution is 9.10. The van der Waals surface area contributed by atoms with Crippen molar-refractivity contribution in [3.05, 3.63) is 28.2 Å². The van der Waals surface area contributed by atoms with Crippen LogP contribution in [0, 0.1) is 0 Å². The summed E-state index contributed by atoms with van der Waals surface area (Å²) in [4.78, 5) is 2.47. The molecule has 1 fully saturated rings. The number of nitrogens with zero attached hydrogens (tertiary/aromatic N) is 1. The van der Waals surface area contributed by atoms with Crippen LogP contribution in [0.1, 0.15) is 38.3 Å². The first-order valence-corrected chi connectivity index (χ1v) is 6.70. The van der Waals surface area contributed by atoms with Gasteiger partial charge in [-0.2, -0.15) is 0 Å². The van der Waals surface area contributed by atoms with Gasteiger partial charge in [0.1, 0.15) is 0 Å². The van der Waals surface area contributed by atoms with E-state index in [-0.39, 0.29) is 6.04 Å². The minimum Gasteiger partial charge on any atom is -0.369 e. The Kier molecular flexibility index (Phi) is 3.55. The van der Waals surface area contributed by atoms with E-state index in [9.17, 15) is 0 Å². The molecular formula is C13H19BrN2. The van der Waals surface area contributed by atoms with Gasteiger partial charge in [-0.3, -0.25) is 0 Å². The molecule has 3 heteroatoms. The zero-order chi connectivity index (χ0) is 11.7. The minimum atomic E-state index is 0.0828. The Balaban J connectivity index is 2.27. The fourth-order valence-corrected chi connectivity index (χ4v) is 3.11. The molecule has 1 aromatic rings. The van der Waals surface area contributed by atoms with Gasteiger partial charge in [-0.05, 0) is 44.4 Å². The third-order valence-corrected chi connectivity index (χ3v) is 4.05. The lowest BCUT2D eigenvalue weighted by atomic mass is 10.1. The van der Waals surface area contributed by atoms with E-state index in [1.807, 2.05) is 6.92 Å². The molecule has 2 rings (SSSR count). The molecule has 16 heavy (non-hydrogen) atoms. The number of nitrogens with two attached hydrogens (primary N) is 1. The summed E-state index contributed by atoms with van der Waals surface area (Å²) in [6, 6.07) is 7.26. The van der Waals surface area contributed by atoms with Crippen molar-refractivity contribution in [1.29, 1.82) is 0 Å². The van der Waals surface area contributed by atoms with Gasteiger partial charge >= 0.3 is 0 Å². The van der Waals surface area contributed by atoms with E-state index < -0.39 is 0 Å². The third kappa shape index (κ3) is 2.25. The molecule has 1 aliphatic rings. The van der Waals surface area contributed by atoms with Crippen molar-refractivity contribution in [3.63, 3.8) is 0 Å². The molecule has 1 aliphatic heterocycles. The van der Waals surface area contributed by atoms with E-state index in [0.29, 0.717) is 6.04 Å². The van der Waals surface area contributed by atoms with E-state index in [1.54, 1.807) is 0 Å². The molecular weight excluding hydrogens is 264 g/mol. The summed E-state index contributed by atoms with van der Waals surface area (Å²) in [5, 5.41) is 0. The first kappa shape index (κ1) is 11.9. The molecule has 0 bridgehead atoms. The van der Waals surface area contributed by atoms with Gasteiger partial charge in [0.15, 0.2) is 0 Å². The summed E-state index contributed by atoms with van der Waals surface area (Å²) in [6.45, 7) is 5.48. The molecule has 0 radical (unpaired) electrons. The van der Waals surface area contributed by atoms with Crippen molar-refractivity contribution < 1.29 is 0 Å². The Morgan fingerprint density at radius 2 is 2.25 bits per heavy atom. The molecule has 0 aromatic heterocycles. The van der Waals surface area contributed by atoms with Crippen LogP contribution >= 0.6 is 15.9 Å². The summed E-state index contributed by atoms with van der Waals surface area (Å²) in [5.41, 5.74) is 8.38. The Morgan fingerprint density at radius 1 is 1.50 bits per heavy atom. The molecule has 1 saturated heterocycles. The van der Waals surface area contributed by atoms with Gasteiger partial charge in [0.2, 0.25) is 0 Å². The predicted octanol–water partition coefficient (Wildman–Crippen LogP) is 3.46. The van der Waals surface area contributed by atoms with Gasteiger partial charge in [0, 0.05) is 28.8 Å². The minimum absolute atomic E-state index is 0.0828. The number of halogens is 1. The second kappa shape index (κ2) is 4.76. The smallest absolute Gasteiger partial charge is 0.0380 e. The average Bonchev–Trinajstić information content (AvgIpc) is 2.63. The van der Waals surface area contributed by atoms with E-state index in [4.69, 9.17) is 5.73 Å². The lowest BCUT2D eigenvalue weighted by Crippen LogP contribution is -2.26. The van der Waals surface area contributed by atoms with Crippen molar-refractivity contribution in [1.82, 2.24) is 0 Å². The molecule has 1 unspecified atom stereocenters. The SMILES string of the molecule is CC1CCCN1c1ccc([C@H](C)N)c(Br)c1. The highest BCUT2D eigenvalue weighted by Gasteiger charge is 2.21. The molecule has 2 nitrogen and oxygen atoms in total. The Hall–Kier alpha value is -0.540. The van der Waals surface area contributed by atoms with Crippen LogP contribution in [0.15, 0.2) is 22.7 Å². The van der Waals surface area contributed by atoms with E-state index >= 15 is 0 Å². The number of anilines is 1. The molecule has 2 N–H and O–H groups in total. The predicted molar refractivity (Wildman–Crippen MR) is 72.8 cm³/mol. The highest BCUT2D eigenvalue weighted by atomic mass is 79.9. The van der Waals surface area contributed by atoms with Crippen LogP contribution in [0.25, 0.3) is 0 Å². The summed E-state index contributed by atoms with van der Waals surface area (Å²) in [6.07, 6.45) is 2.60. The molecule has 2 atom stereocenters. The van der Waals surface area contributed by atoms with E-state index in [2.05, 4.69) is 46.0 Å². The van der Waals surface area contributed by atoms with Gasteiger partial charge < -0.3 is 10.6 Å². The summed E-state index contributed by atoms with van der Waals surface area (Å²) in [5.74, 6) is 0. The van der Waals surface area contributed by atoms with Crippen molar-refractivity contribution in [2.75, 3.05) is 11.4 Å². The number of hydrogen-bond donors (Lipinski definition) is 1. The lowest BCUT2D eigenvalue weighted by molar-refractivity contribution is 0.734. The Bertz CT molecular complexity index is 376. The van der Waals surface area contributed by atoms with Crippen LogP contribution in [0.4, 0.5) is 5.69 Å². The van der Waals surface area contributed by atoms with Crippen molar-refractivity contribution >= 4 is 21.6 Å². The van der Waals surface area contributed by atoms with Crippen LogP contribution in [0.2, 0.25) is 0 Å². The normalized spacial score (nSPS) is 22.5. The number of hydrogen-bond acceptors (Lipinski definition) is 2. The molecule has 0 aliphatic carbocycles. The second-order valence-electron chi connectivity index (χ2n) is 4.68. The molecule has 0 amide bonds. The standard InChI is InChI=1S/C13H19BrN2/c1-9-4-3-7-16(9)11-5-6-12(10(2)15)13(14)8-11/h5-6,8-10H,3-4,7,15H2,1-2H3/t9?,10-/m0/s1. The quantitative estimate of drug-likeness (QED) is 0.900. The van der Waals surface area contributed by atoms with Gasteiger partial charge in [-0.1, -0.05) is 22.0 Å². The maximum absolute atomic E-state index is 5.90. The first-order chi connectivity index (χ1) is 7.59. The maximum Gasteiger partial charge on any atom is 0.0380 e.